The summed E-state index contributed by atoms with van der Waals surface area (Å²) < 4.78 is 0. The number of nitro benzene ring substituents is 1. The first kappa shape index (κ1) is 15.4. The number of nitro groups is 1. The molecule has 1 aromatic carbocycles. The zero-order chi connectivity index (χ0) is 15.6. The Morgan fingerprint density at radius 2 is 2.24 bits per heavy atom. The standard InChI is InChI=1S/C13H12ClN3O3S/c1-7-6-21-13(15-7)8(2)16-12(18)9-3-4-11(17(19)20)10(14)5-9/h3-6,8H,1-2H3,(H,16,18). The maximum atomic E-state index is 12.1. The fourth-order valence-electron chi connectivity index (χ4n) is 1.71. The van der Waals surface area contributed by atoms with Crippen LogP contribution in [0.25, 0.3) is 0 Å². The van der Waals surface area contributed by atoms with Gasteiger partial charge in [-0.2, -0.15) is 0 Å². The van der Waals surface area contributed by atoms with Gasteiger partial charge in [0.15, 0.2) is 0 Å². The van der Waals surface area contributed by atoms with Gasteiger partial charge >= 0.3 is 0 Å². The van der Waals surface area contributed by atoms with E-state index in [1.807, 2.05) is 19.2 Å². The van der Waals surface area contributed by atoms with Crippen molar-refractivity contribution in [3.8, 4) is 0 Å². The van der Waals surface area contributed by atoms with Crippen LogP contribution in [0.3, 0.4) is 0 Å². The predicted octanol–water partition coefficient (Wildman–Crippen LogP) is 3.50. The van der Waals surface area contributed by atoms with Gasteiger partial charge in [-0.1, -0.05) is 11.6 Å². The van der Waals surface area contributed by atoms with Crippen LogP contribution in [-0.2, 0) is 0 Å². The van der Waals surface area contributed by atoms with Crippen molar-refractivity contribution in [2.75, 3.05) is 0 Å². The molecule has 0 aliphatic heterocycles. The lowest BCUT2D eigenvalue weighted by atomic mass is 10.2. The number of nitrogens with zero attached hydrogens (tertiary/aromatic N) is 2. The van der Waals surface area contributed by atoms with E-state index in [1.165, 1.54) is 29.5 Å². The number of amides is 1. The average molecular weight is 326 g/mol. The average Bonchev–Trinajstić information content (AvgIpc) is 2.84. The number of aryl methyl sites for hydroxylation is 1. The number of carbonyl (C=O) groups is 1. The predicted molar refractivity (Wildman–Crippen MR) is 80.8 cm³/mol. The van der Waals surface area contributed by atoms with Gasteiger partial charge in [-0.05, 0) is 26.0 Å². The maximum Gasteiger partial charge on any atom is 0.287 e. The van der Waals surface area contributed by atoms with Gasteiger partial charge in [0.05, 0.1) is 11.0 Å². The molecular formula is C13H12ClN3O3S. The lowest BCUT2D eigenvalue weighted by Crippen LogP contribution is -2.26. The summed E-state index contributed by atoms with van der Waals surface area (Å²) in [6.07, 6.45) is 0. The molecule has 8 heteroatoms. The van der Waals surface area contributed by atoms with Crippen LogP contribution >= 0.6 is 22.9 Å². The van der Waals surface area contributed by atoms with E-state index in [0.717, 1.165) is 10.7 Å². The van der Waals surface area contributed by atoms with Crippen LogP contribution in [0.4, 0.5) is 5.69 Å². The molecule has 0 aliphatic rings. The van der Waals surface area contributed by atoms with E-state index in [-0.39, 0.29) is 28.2 Å². The van der Waals surface area contributed by atoms with Crippen LogP contribution in [0.15, 0.2) is 23.6 Å². The third kappa shape index (κ3) is 3.56. The highest BCUT2D eigenvalue weighted by Gasteiger charge is 2.18. The summed E-state index contributed by atoms with van der Waals surface area (Å²) in [5.74, 6) is -0.354. The Balaban J connectivity index is 2.13. The second kappa shape index (κ2) is 6.19. The molecular weight excluding hydrogens is 314 g/mol. The molecule has 0 fully saturated rings. The van der Waals surface area contributed by atoms with Crippen molar-refractivity contribution in [3.05, 3.63) is 55.0 Å². The molecule has 0 radical (unpaired) electrons. The van der Waals surface area contributed by atoms with Gasteiger partial charge in [-0.25, -0.2) is 4.98 Å². The van der Waals surface area contributed by atoms with E-state index in [1.54, 1.807) is 0 Å². The molecule has 0 spiro atoms. The van der Waals surface area contributed by atoms with E-state index in [9.17, 15) is 14.9 Å². The molecule has 1 heterocycles. The minimum absolute atomic E-state index is 0.0644. The Morgan fingerprint density at radius 3 is 2.76 bits per heavy atom. The van der Waals surface area contributed by atoms with Crippen molar-refractivity contribution in [1.82, 2.24) is 10.3 Å². The molecule has 1 atom stereocenters. The highest BCUT2D eigenvalue weighted by molar-refractivity contribution is 7.09. The van der Waals surface area contributed by atoms with E-state index >= 15 is 0 Å². The molecule has 1 amide bonds. The first-order valence-corrected chi connectivity index (χ1v) is 7.31. The van der Waals surface area contributed by atoms with Crippen molar-refractivity contribution < 1.29 is 9.72 Å². The van der Waals surface area contributed by atoms with Crippen LogP contribution in [-0.4, -0.2) is 15.8 Å². The van der Waals surface area contributed by atoms with Gasteiger partial charge in [0.25, 0.3) is 11.6 Å². The minimum Gasteiger partial charge on any atom is -0.343 e. The SMILES string of the molecule is Cc1csc(C(C)NC(=O)c2ccc([N+](=O)[O-])c(Cl)c2)n1. The third-order valence-corrected chi connectivity index (χ3v) is 4.21. The second-order valence-corrected chi connectivity index (χ2v) is 5.74. The Hall–Kier alpha value is -1.99. The normalized spacial score (nSPS) is 12.0. The molecule has 1 N–H and O–H groups in total. The van der Waals surface area contributed by atoms with E-state index in [2.05, 4.69) is 10.3 Å². The van der Waals surface area contributed by atoms with Crippen LogP contribution in [0, 0.1) is 17.0 Å². The Kier molecular flexibility index (Phi) is 4.54. The molecule has 2 rings (SSSR count). The summed E-state index contributed by atoms with van der Waals surface area (Å²) >= 11 is 7.26. The minimum atomic E-state index is -0.592. The molecule has 6 nitrogen and oxygen atoms in total. The van der Waals surface area contributed by atoms with Crippen LogP contribution in [0.1, 0.15) is 34.0 Å². The van der Waals surface area contributed by atoms with Crippen LogP contribution < -0.4 is 5.32 Å². The lowest BCUT2D eigenvalue weighted by Gasteiger charge is -2.11. The smallest absolute Gasteiger partial charge is 0.287 e. The fourth-order valence-corrected chi connectivity index (χ4v) is 2.76. The van der Waals surface area contributed by atoms with Gasteiger partial charge in [0.1, 0.15) is 10.0 Å². The van der Waals surface area contributed by atoms with Crippen molar-refractivity contribution in [2.24, 2.45) is 0 Å². The summed E-state index contributed by atoms with van der Waals surface area (Å²) in [5, 5.41) is 16.1. The molecule has 0 saturated carbocycles. The van der Waals surface area contributed by atoms with Gasteiger partial charge in [0.2, 0.25) is 0 Å². The highest BCUT2D eigenvalue weighted by Crippen LogP contribution is 2.25. The quantitative estimate of drug-likeness (QED) is 0.688. The summed E-state index contributed by atoms with van der Waals surface area (Å²) in [5.41, 5.74) is 0.942. The first-order chi connectivity index (χ1) is 9.88. The number of nitrogens with one attached hydrogen (secondary N) is 1. The summed E-state index contributed by atoms with van der Waals surface area (Å²) in [4.78, 5) is 26.5. The Bertz CT molecular complexity index is 702. The molecule has 0 aliphatic carbocycles. The van der Waals surface area contributed by atoms with Crippen molar-refractivity contribution in [3.63, 3.8) is 0 Å². The zero-order valence-electron chi connectivity index (χ0n) is 11.3. The molecule has 2 aromatic rings. The van der Waals surface area contributed by atoms with Crippen molar-refractivity contribution in [1.29, 1.82) is 0 Å². The van der Waals surface area contributed by atoms with E-state index in [0.29, 0.717) is 0 Å². The third-order valence-electron chi connectivity index (χ3n) is 2.76. The fraction of sp³-hybridized carbons (Fsp3) is 0.231. The first-order valence-electron chi connectivity index (χ1n) is 6.05. The monoisotopic (exact) mass is 325 g/mol. The number of hydrogen-bond acceptors (Lipinski definition) is 5. The molecule has 1 aromatic heterocycles. The second-order valence-electron chi connectivity index (χ2n) is 4.45. The van der Waals surface area contributed by atoms with E-state index < -0.39 is 4.92 Å². The number of halogens is 1. The number of aromatic nitrogens is 1. The molecule has 0 bridgehead atoms. The number of rotatable bonds is 4. The topological polar surface area (TPSA) is 85.1 Å². The Morgan fingerprint density at radius 1 is 1.52 bits per heavy atom. The summed E-state index contributed by atoms with van der Waals surface area (Å²) in [7, 11) is 0. The van der Waals surface area contributed by atoms with Gasteiger partial charge < -0.3 is 5.32 Å². The maximum absolute atomic E-state index is 12.1. The van der Waals surface area contributed by atoms with Gasteiger partial charge in [-0.3, -0.25) is 14.9 Å². The number of hydrogen-bond donors (Lipinski definition) is 1. The molecule has 1 unspecified atom stereocenters. The van der Waals surface area contributed by atoms with Gasteiger partial charge in [-0.15, -0.1) is 11.3 Å². The zero-order valence-corrected chi connectivity index (χ0v) is 12.9. The van der Waals surface area contributed by atoms with Crippen molar-refractivity contribution in [2.45, 2.75) is 19.9 Å². The Labute approximate surface area is 129 Å². The van der Waals surface area contributed by atoms with E-state index in [4.69, 9.17) is 11.6 Å². The van der Waals surface area contributed by atoms with Gasteiger partial charge in [0, 0.05) is 22.7 Å². The number of thiazole rings is 1. The highest BCUT2D eigenvalue weighted by atomic mass is 35.5. The van der Waals surface area contributed by atoms with Crippen molar-refractivity contribution >= 4 is 34.5 Å². The molecule has 0 saturated heterocycles. The largest absolute Gasteiger partial charge is 0.343 e. The summed E-state index contributed by atoms with van der Waals surface area (Å²) in [6.45, 7) is 3.70. The van der Waals surface area contributed by atoms with Crippen LogP contribution in [0.5, 0.6) is 0 Å². The lowest BCUT2D eigenvalue weighted by molar-refractivity contribution is -0.384. The molecule has 110 valence electrons. The number of carbonyl (C=O) groups excluding carboxylic acids is 1. The molecule has 21 heavy (non-hydrogen) atoms. The van der Waals surface area contributed by atoms with Crippen LogP contribution in [0.2, 0.25) is 5.02 Å². The number of benzene rings is 1. The summed E-state index contributed by atoms with van der Waals surface area (Å²) in [6, 6.07) is 3.63.